The van der Waals surface area contributed by atoms with Crippen LogP contribution < -0.4 is 5.32 Å². The highest BCUT2D eigenvalue weighted by atomic mass is 35.5. The van der Waals surface area contributed by atoms with Gasteiger partial charge in [0.2, 0.25) is 0 Å². The van der Waals surface area contributed by atoms with Gasteiger partial charge in [-0.25, -0.2) is 8.78 Å². The van der Waals surface area contributed by atoms with Crippen LogP contribution in [0.1, 0.15) is 13.3 Å². The van der Waals surface area contributed by atoms with Crippen molar-refractivity contribution in [3.05, 3.63) is 0 Å². The van der Waals surface area contributed by atoms with E-state index in [4.69, 9.17) is 4.74 Å². The molecule has 0 heterocycles. The summed E-state index contributed by atoms with van der Waals surface area (Å²) in [7, 11) is 0. The second-order valence-electron chi connectivity index (χ2n) is 3.09. The molecule has 1 atom stereocenters. The minimum Gasteiger partial charge on any atom is -0.380 e. The van der Waals surface area contributed by atoms with Crippen LogP contribution in [0.15, 0.2) is 0 Å². The molecule has 0 radical (unpaired) electrons. The van der Waals surface area contributed by atoms with Crippen molar-refractivity contribution in [3.8, 4) is 0 Å². The predicted octanol–water partition coefficient (Wildman–Crippen LogP) is 1.69. The molecule has 13 heavy (non-hydrogen) atoms. The number of likely N-dealkylation sites (N-methyl/N-ethyl adjacent to an activating group) is 1. The Bertz CT molecular complexity index is 146. The molecule has 0 aliphatic heterocycles. The lowest BCUT2D eigenvalue weighted by molar-refractivity contribution is 0.0557. The van der Waals surface area contributed by atoms with Crippen molar-refractivity contribution in [2.75, 3.05) is 26.3 Å². The first-order chi connectivity index (χ1) is 5.67. The number of hydrogen-bond donors (Lipinski definition) is 1. The fourth-order valence-electron chi connectivity index (χ4n) is 0.997. The van der Waals surface area contributed by atoms with Crippen LogP contribution in [0.4, 0.5) is 8.78 Å². The van der Waals surface area contributed by atoms with Crippen LogP contribution in [0.25, 0.3) is 0 Å². The van der Waals surface area contributed by atoms with Crippen LogP contribution in [0.3, 0.4) is 0 Å². The minimum atomic E-state index is -2.43. The van der Waals surface area contributed by atoms with Gasteiger partial charge in [-0.15, -0.1) is 12.4 Å². The van der Waals surface area contributed by atoms with Gasteiger partial charge in [-0.3, -0.25) is 0 Å². The van der Waals surface area contributed by atoms with Crippen LogP contribution in [-0.2, 0) is 4.74 Å². The highest BCUT2D eigenvalue weighted by Crippen LogP contribution is 2.48. The molecule has 2 nitrogen and oxygen atoms in total. The van der Waals surface area contributed by atoms with E-state index < -0.39 is 11.8 Å². The Morgan fingerprint density at radius 1 is 1.54 bits per heavy atom. The van der Waals surface area contributed by atoms with Gasteiger partial charge in [0.15, 0.2) is 0 Å². The third kappa shape index (κ3) is 4.74. The maximum Gasteiger partial charge on any atom is 0.253 e. The van der Waals surface area contributed by atoms with Crippen molar-refractivity contribution < 1.29 is 13.5 Å². The molecule has 1 aliphatic rings. The average molecular weight is 216 g/mol. The normalized spacial score (nSPS) is 23.8. The number of ether oxygens (including phenoxy) is 1. The summed E-state index contributed by atoms with van der Waals surface area (Å²) in [6, 6.07) is 0. The number of alkyl halides is 2. The topological polar surface area (TPSA) is 21.3 Å². The first-order valence-electron chi connectivity index (χ1n) is 4.33. The zero-order valence-electron chi connectivity index (χ0n) is 7.69. The second kappa shape index (κ2) is 5.73. The van der Waals surface area contributed by atoms with Gasteiger partial charge in [0, 0.05) is 13.0 Å². The maximum absolute atomic E-state index is 12.3. The summed E-state index contributed by atoms with van der Waals surface area (Å²) in [6.07, 6.45) is 0.00814. The Balaban J connectivity index is 0.00000144. The highest BCUT2D eigenvalue weighted by molar-refractivity contribution is 5.85. The average Bonchev–Trinajstić information content (AvgIpc) is 2.59. The SMILES string of the molecule is CCNCCOCC1CC1(F)F.Cl. The molecule has 80 valence electrons. The summed E-state index contributed by atoms with van der Waals surface area (Å²) in [5.41, 5.74) is 0. The van der Waals surface area contributed by atoms with Crippen LogP contribution in [0, 0.1) is 5.92 Å². The van der Waals surface area contributed by atoms with Crippen LogP contribution in [-0.4, -0.2) is 32.2 Å². The van der Waals surface area contributed by atoms with E-state index in [1.165, 1.54) is 0 Å². The van der Waals surface area contributed by atoms with Crippen molar-refractivity contribution in [1.82, 2.24) is 5.32 Å². The van der Waals surface area contributed by atoms with Gasteiger partial charge >= 0.3 is 0 Å². The van der Waals surface area contributed by atoms with Gasteiger partial charge < -0.3 is 10.1 Å². The van der Waals surface area contributed by atoms with Crippen molar-refractivity contribution in [2.24, 2.45) is 5.92 Å². The maximum atomic E-state index is 12.3. The first-order valence-corrected chi connectivity index (χ1v) is 4.33. The largest absolute Gasteiger partial charge is 0.380 e. The van der Waals surface area contributed by atoms with E-state index in [1.54, 1.807) is 0 Å². The highest BCUT2D eigenvalue weighted by Gasteiger charge is 2.56. The van der Waals surface area contributed by atoms with Crippen molar-refractivity contribution in [2.45, 2.75) is 19.3 Å². The zero-order chi connectivity index (χ0) is 9.03. The summed E-state index contributed by atoms with van der Waals surface area (Å²) in [5, 5.41) is 3.05. The van der Waals surface area contributed by atoms with Gasteiger partial charge in [0.05, 0.1) is 19.1 Å². The molecule has 1 aliphatic carbocycles. The monoisotopic (exact) mass is 215 g/mol. The standard InChI is InChI=1S/C8H15F2NO.ClH/c1-2-11-3-4-12-6-7-5-8(7,9)10;/h7,11H,2-6H2,1H3;1H. The lowest BCUT2D eigenvalue weighted by atomic mass is 10.4. The molecule has 0 aromatic rings. The number of rotatable bonds is 6. The Kier molecular flexibility index (Phi) is 5.76. The third-order valence-corrected chi connectivity index (χ3v) is 1.95. The molecule has 5 heteroatoms. The molecule has 0 amide bonds. The molecule has 1 fully saturated rings. The molecule has 0 aromatic heterocycles. The summed E-state index contributed by atoms with van der Waals surface area (Å²) >= 11 is 0. The lowest BCUT2D eigenvalue weighted by Crippen LogP contribution is -2.19. The van der Waals surface area contributed by atoms with Gasteiger partial charge in [0.1, 0.15) is 0 Å². The summed E-state index contributed by atoms with van der Waals surface area (Å²) < 4.78 is 29.6. The van der Waals surface area contributed by atoms with Gasteiger partial charge in [0.25, 0.3) is 5.92 Å². The summed E-state index contributed by atoms with van der Waals surface area (Å²) in [4.78, 5) is 0. The van der Waals surface area contributed by atoms with E-state index in [9.17, 15) is 8.78 Å². The Morgan fingerprint density at radius 3 is 2.62 bits per heavy atom. The third-order valence-electron chi connectivity index (χ3n) is 1.95. The number of nitrogens with one attached hydrogen (secondary N) is 1. The van der Waals surface area contributed by atoms with Gasteiger partial charge in [-0.2, -0.15) is 0 Å². The molecule has 1 saturated carbocycles. The van der Waals surface area contributed by atoms with Crippen molar-refractivity contribution in [1.29, 1.82) is 0 Å². The Labute approximate surface area is 83.4 Å². The van der Waals surface area contributed by atoms with Gasteiger partial charge in [-0.1, -0.05) is 6.92 Å². The Hall–Kier alpha value is 0.0700. The molecular formula is C8H16ClF2NO. The molecule has 1 unspecified atom stereocenters. The van der Waals surface area contributed by atoms with E-state index in [2.05, 4.69) is 5.32 Å². The smallest absolute Gasteiger partial charge is 0.253 e. The van der Waals surface area contributed by atoms with E-state index in [0.717, 1.165) is 13.1 Å². The fourth-order valence-corrected chi connectivity index (χ4v) is 0.997. The molecule has 0 spiro atoms. The first kappa shape index (κ1) is 13.1. The predicted molar refractivity (Wildman–Crippen MR) is 49.7 cm³/mol. The van der Waals surface area contributed by atoms with E-state index in [1.807, 2.05) is 6.92 Å². The molecule has 0 saturated heterocycles. The van der Waals surface area contributed by atoms with E-state index in [-0.39, 0.29) is 25.4 Å². The Morgan fingerprint density at radius 2 is 2.15 bits per heavy atom. The number of halogens is 3. The quantitative estimate of drug-likeness (QED) is 0.681. The molecule has 0 aromatic carbocycles. The van der Waals surface area contributed by atoms with Crippen LogP contribution in [0.5, 0.6) is 0 Å². The fraction of sp³-hybridized carbons (Fsp3) is 1.00. The van der Waals surface area contributed by atoms with Crippen molar-refractivity contribution in [3.63, 3.8) is 0 Å². The molecular weight excluding hydrogens is 200 g/mol. The summed E-state index contributed by atoms with van der Waals surface area (Å²) in [6.45, 7) is 4.37. The van der Waals surface area contributed by atoms with E-state index in [0.29, 0.717) is 6.61 Å². The van der Waals surface area contributed by atoms with Gasteiger partial charge in [-0.05, 0) is 6.54 Å². The zero-order valence-corrected chi connectivity index (χ0v) is 8.50. The summed E-state index contributed by atoms with van der Waals surface area (Å²) in [5.74, 6) is -2.95. The van der Waals surface area contributed by atoms with Crippen LogP contribution in [0.2, 0.25) is 0 Å². The lowest BCUT2D eigenvalue weighted by Gasteiger charge is -2.03. The minimum absolute atomic E-state index is 0. The molecule has 1 N–H and O–H groups in total. The van der Waals surface area contributed by atoms with Crippen molar-refractivity contribution >= 4 is 12.4 Å². The molecule has 1 rings (SSSR count). The van der Waals surface area contributed by atoms with Crippen LogP contribution >= 0.6 is 12.4 Å². The van der Waals surface area contributed by atoms with E-state index >= 15 is 0 Å². The second-order valence-corrected chi connectivity index (χ2v) is 3.09. The molecule has 0 bridgehead atoms. The number of hydrogen-bond acceptors (Lipinski definition) is 2.